The number of carbonyl (C=O) groups is 3. The summed E-state index contributed by atoms with van der Waals surface area (Å²) in [7, 11) is 0. The van der Waals surface area contributed by atoms with Crippen molar-refractivity contribution in [3.63, 3.8) is 0 Å². The first-order valence-corrected chi connectivity index (χ1v) is 14.3. The average molecular weight is 557 g/mol. The molecule has 0 heterocycles. The Morgan fingerprint density at radius 2 is 0.667 bits per heavy atom. The molecule has 7 nitrogen and oxygen atoms in total. The van der Waals surface area contributed by atoms with Crippen LogP contribution in [0.3, 0.4) is 0 Å². The molecule has 4 atom stereocenters. The molecule has 4 aromatic carbocycles. The number of rotatable bonds is 4. The standard InChI is InChI=1S/C35H28N2O5/c38-33(39)29-25-17-9-1-5-13-21(17)27(22-14-6-2-10-18(22)25)31(29)36-35(42)37-32-28-23-15-7-3-11-19(23)26(30(32)34(40)41)20-12-4-8-16-24(20)28/h1-16,25-32H,(H,38,39)(H,40,41)(H2,36,37,42). The van der Waals surface area contributed by atoms with E-state index >= 15 is 0 Å². The van der Waals surface area contributed by atoms with Crippen molar-refractivity contribution in [3.05, 3.63) is 142 Å². The van der Waals surface area contributed by atoms with Gasteiger partial charge in [0.25, 0.3) is 0 Å². The van der Waals surface area contributed by atoms with E-state index in [0.29, 0.717) is 0 Å². The van der Waals surface area contributed by atoms with Crippen LogP contribution in [-0.4, -0.2) is 40.3 Å². The van der Waals surface area contributed by atoms with E-state index in [1.807, 2.05) is 97.1 Å². The highest BCUT2D eigenvalue weighted by Crippen LogP contribution is 2.57. The lowest BCUT2D eigenvalue weighted by Crippen LogP contribution is -2.61. The van der Waals surface area contributed by atoms with Crippen molar-refractivity contribution in [2.24, 2.45) is 11.8 Å². The zero-order valence-corrected chi connectivity index (χ0v) is 22.5. The van der Waals surface area contributed by atoms with Crippen molar-refractivity contribution in [1.82, 2.24) is 10.6 Å². The van der Waals surface area contributed by atoms with E-state index in [2.05, 4.69) is 10.6 Å². The van der Waals surface area contributed by atoms with Crippen LogP contribution in [0, 0.1) is 11.8 Å². The number of nitrogens with one attached hydrogen (secondary N) is 2. The van der Waals surface area contributed by atoms with Gasteiger partial charge in [0.05, 0.1) is 23.9 Å². The molecule has 10 rings (SSSR count). The highest BCUT2D eigenvalue weighted by atomic mass is 16.4. The second-order valence-corrected chi connectivity index (χ2v) is 11.8. The van der Waals surface area contributed by atoms with E-state index in [0.717, 1.165) is 44.5 Å². The molecule has 208 valence electrons. The summed E-state index contributed by atoms with van der Waals surface area (Å²) >= 11 is 0. The molecule has 0 saturated carbocycles. The highest BCUT2D eigenvalue weighted by molar-refractivity contribution is 5.83. The topological polar surface area (TPSA) is 116 Å². The predicted octanol–water partition coefficient (Wildman–Crippen LogP) is 5.01. The molecule has 4 N–H and O–H groups in total. The van der Waals surface area contributed by atoms with Crippen LogP contribution in [0.4, 0.5) is 4.79 Å². The largest absolute Gasteiger partial charge is 0.481 e. The van der Waals surface area contributed by atoms with Gasteiger partial charge in [-0.25, -0.2) is 4.79 Å². The summed E-state index contributed by atoms with van der Waals surface area (Å²) in [6, 6.07) is 29.5. The third-order valence-corrected chi connectivity index (χ3v) is 10.0. The van der Waals surface area contributed by atoms with Crippen molar-refractivity contribution in [1.29, 1.82) is 0 Å². The molecular formula is C35H28N2O5. The van der Waals surface area contributed by atoms with Gasteiger partial charge in [0.2, 0.25) is 0 Å². The lowest BCUT2D eigenvalue weighted by molar-refractivity contribution is -0.144. The Labute approximate surface area is 242 Å². The van der Waals surface area contributed by atoms with Gasteiger partial charge in [0.15, 0.2) is 0 Å². The molecule has 2 amide bonds. The molecule has 0 saturated heterocycles. The molecule has 0 aromatic heterocycles. The predicted molar refractivity (Wildman–Crippen MR) is 155 cm³/mol. The maximum absolute atomic E-state index is 13.9. The summed E-state index contributed by atoms with van der Waals surface area (Å²) < 4.78 is 0. The highest BCUT2D eigenvalue weighted by Gasteiger charge is 2.55. The number of amides is 2. The van der Waals surface area contributed by atoms with Crippen LogP contribution in [0.15, 0.2) is 97.1 Å². The van der Waals surface area contributed by atoms with Crippen LogP contribution in [0.25, 0.3) is 0 Å². The van der Waals surface area contributed by atoms with Gasteiger partial charge < -0.3 is 20.8 Å². The van der Waals surface area contributed by atoms with Crippen molar-refractivity contribution < 1.29 is 24.6 Å². The minimum atomic E-state index is -0.970. The van der Waals surface area contributed by atoms with Crippen LogP contribution in [0.5, 0.6) is 0 Å². The van der Waals surface area contributed by atoms with E-state index < -0.39 is 53.7 Å². The lowest BCUT2D eigenvalue weighted by atomic mass is 9.56. The van der Waals surface area contributed by atoms with Crippen LogP contribution >= 0.6 is 0 Å². The third kappa shape index (κ3) is 3.30. The number of aliphatic carboxylic acids is 2. The van der Waals surface area contributed by atoms with Gasteiger partial charge in [0, 0.05) is 23.7 Å². The van der Waals surface area contributed by atoms with E-state index in [1.54, 1.807) is 0 Å². The number of fused-ring (bicyclic) bond motifs is 2. The minimum Gasteiger partial charge on any atom is -0.481 e. The van der Waals surface area contributed by atoms with Crippen molar-refractivity contribution >= 4 is 18.0 Å². The molecule has 42 heavy (non-hydrogen) atoms. The van der Waals surface area contributed by atoms with Gasteiger partial charge in [-0.1, -0.05) is 97.1 Å². The van der Waals surface area contributed by atoms with Gasteiger partial charge in [-0.3, -0.25) is 9.59 Å². The molecule has 0 radical (unpaired) electrons. The molecule has 4 unspecified atom stereocenters. The second kappa shape index (κ2) is 9.05. The van der Waals surface area contributed by atoms with Crippen molar-refractivity contribution in [2.45, 2.75) is 35.8 Å². The Bertz CT molecular complexity index is 1580. The number of carbonyl (C=O) groups excluding carboxylic acids is 1. The normalized spacial score (nSPS) is 29.0. The molecule has 6 aliphatic carbocycles. The van der Waals surface area contributed by atoms with Crippen molar-refractivity contribution in [2.75, 3.05) is 0 Å². The number of carboxylic acid groups (broad SMARTS) is 2. The summed E-state index contributed by atoms with van der Waals surface area (Å²) in [4.78, 5) is 39.5. The zero-order valence-electron chi connectivity index (χ0n) is 22.5. The van der Waals surface area contributed by atoms with Gasteiger partial charge in [0.1, 0.15) is 0 Å². The van der Waals surface area contributed by atoms with Crippen molar-refractivity contribution in [3.8, 4) is 0 Å². The second-order valence-electron chi connectivity index (χ2n) is 11.8. The molecule has 0 spiro atoms. The molecule has 7 heteroatoms. The van der Waals surface area contributed by atoms with E-state index in [9.17, 15) is 24.6 Å². The SMILES string of the molecule is O=C(NC1C2c3ccccc3C(c3ccccc32)C1C(=O)O)NC1C2c3ccccc3C(c3ccccc32)C1C(=O)O. The fourth-order valence-electron chi connectivity index (χ4n) is 8.64. The summed E-state index contributed by atoms with van der Waals surface area (Å²) in [5, 5.41) is 27.1. The minimum absolute atomic E-state index is 0.339. The first-order valence-electron chi connectivity index (χ1n) is 14.3. The Hall–Kier alpha value is -4.91. The molecule has 4 aromatic rings. The first-order chi connectivity index (χ1) is 20.5. The van der Waals surface area contributed by atoms with E-state index in [4.69, 9.17) is 0 Å². The zero-order chi connectivity index (χ0) is 28.7. The molecule has 4 bridgehead atoms. The Balaban J connectivity index is 1.18. The average Bonchev–Trinajstić information content (AvgIpc) is 3.00. The number of benzene rings is 4. The summed E-state index contributed by atoms with van der Waals surface area (Å²) in [5.74, 6) is -5.16. The lowest BCUT2D eigenvalue weighted by Gasteiger charge is -2.50. The fraction of sp³-hybridized carbons (Fsp3) is 0.229. The number of hydrogen-bond donors (Lipinski definition) is 4. The van der Waals surface area contributed by atoms with E-state index in [-0.39, 0.29) is 11.8 Å². The van der Waals surface area contributed by atoms with Crippen LogP contribution in [0.2, 0.25) is 0 Å². The van der Waals surface area contributed by atoms with Gasteiger partial charge in [-0.2, -0.15) is 0 Å². The van der Waals surface area contributed by atoms with Crippen LogP contribution < -0.4 is 10.6 Å². The monoisotopic (exact) mass is 556 g/mol. The molecule has 6 aliphatic rings. The number of hydrogen-bond acceptors (Lipinski definition) is 3. The van der Waals surface area contributed by atoms with Gasteiger partial charge in [-0.15, -0.1) is 0 Å². The quantitative estimate of drug-likeness (QED) is 0.282. The van der Waals surface area contributed by atoms with Crippen LogP contribution in [-0.2, 0) is 9.59 Å². The molecular weight excluding hydrogens is 528 g/mol. The summed E-state index contributed by atoms with van der Waals surface area (Å²) in [5.41, 5.74) is 8.01. The number of carboxylic acids is 2. The molecule has 0 aliphatic heterocycles. The third-order valence-electron chi connectivity index (χ3n) is 10.0. The first kappa shape index (κ1) is 24.9. The Morgan fingerprint density at radius 3 is 0.905 bits per heavy atom. The van der Waals surface area contributed by atoms with Gasteiger partial charge in [-0.05, 0) is 44.5 Å². The maximum atomic E-state index is 13.9. The Kier molecular flexibility index (Phi) is 5.35. The van der Waals surface area contributed by atoms with Gasteiger partial charge >= 0.3 is 18.0 Å². The Morgan fingerprint density at radius 1 is 0.429 bits per heavy atom. The summed E-state index contributed by atoms with van der Waals surface area (Å²) in [6.07, 6.45) is 0. The molecule has 0 fully saturated rings. The summed E-state index contributed by atoms with van der Waals surface area (Å²) in [6.45, 7) is 0. The number of urea groups is 1. The fourth-order valence-corrected chi connectivity index (χ4v) is 8.64. The smallest absolute Gasteiger partial charge is 0.315 e. The maximum Gasteiger partial charge on any atom is 0.315 e. The van der Waals surface area contributed by atoms with E-state index in [1.165, 1.54) is 0 Å². The van der Waals surface area contributed by atoms with Crippen LogP contribution in [0.1, 0.15) is 68.2 Å².